The monoisotopic (exact) mass is 901 g/mol. The Balaban J connectivity index is 1.02. The minimum absolute atomic E-state index is 0.0408. The van der Waals surface area contributed by atoms with Crippen molar-refractivity contribution < 1.29 is 37.0 Å². The van der Waals surface area contributed by atoms with Gasteiger partial charge >= 0.3 is 0 Å². The summed E-state index contributed by atoms with van der Waals surface area (Å²) in [7, 11) is -4.67. The molecule has 15 heteroatoms. The maximum absolute atomic E-state index is 14.1. The third kappa shape index (κ3) is 9.77. The molecule has 1 unspecified atom stereocenters. The highest BCUT2D eigenvalue weighted by atomic mass is 32.2. The van der Waals surface area contributed by atoms with Crippen LogP contribution in [0.4, 0.5) is 17.1 Å². The zero-order chi connectivity index (χ0) is 46.0. The molecular formula is C49H55N5O8SSi. The number of rotatable bonds is 16. The van der Waals surface area contributed by atoms with Crippen LogP contribution in [0.5, 0.6) is 17.2 Å². The van der Waals surface area contributed by atoms with Gasteiger partial charge in [0.1, 0.15) is 17.2 Å². The minimum atomic E-state index is -3.99. The molecule has 0 radical (unpaired) electrons. The van der Waals surface area contributed by atoms with E-state index in [4.69, 9.17) is 19.6 Å². The Kier molecular flexibility index (Phi) is 13.2. The Morgan fingerprint density at radius 1 is 0.984 bits per heavy atom. The number of nitrogens with one attached hydrogen (secondary N) is 3. The van der Waals surface area contributed by atoms with Crippen molar-refractivity contribution in [1.82, 2.24) is 10.3 Å². The predicted molar refractivity (Wildman–Crippen MR) is 253 cm³/mol. The number of phenolic OH excluding ortho intramolecular Hbond substituents is 1. The van der Waals surface area contributed by atoms with E-state index in [2.05, 4.69) is 66.9 Å². The third-order valence-corrected chi connectivity index (χ3v) is 18.3. The van der Waals surface area contributed by atoms with Crippen molar-refractivity contribution in [2.75, 3.05) is 37.4 Å². The summed E-state index contributed by atoms with van der Waals surface area (Å²) in [5.74, 6) is -0.0401. The number of hydrogen-bond acceptors (Lipinski definition) is 11. The summed E-state index contributed by atoms with van der Waals surface area (Å²) in [6.07, 6.45) is 2.73. The molecule has 2 amide bonds. The number of carbonyl (C=O) groups excluding carboxylic acids is 2. The van der Waals surface area contributed by atoms with E-state index < -0.39 is 24.1 Å². The summed E-state index contributed by atoms with van der Waals surface area (Å²) in [5.41, 5.74) is 12.0. The van der Waals surface area contributed by atoms with Gasteiger partial charge in [-0.3, -0.25) is 14.6 Å². The molecule has 6 aromatic rings. The first kappa shape index (κ1) is 45.8. The number of ether oxygens (including phenoxy) is 2. The molecule has 64 heavy (non-hydrogen) atoms. The molecule has 0 spiro atoms. The lowest BCUT2D eigenvalue weighted by Crippen LogP contribution is -2.43. The largest absolute Gasteiger partial charge is 0.506 e. The fraction of sp³-hybridized carbons (Fsp3) is 0.286. The number of sulfone groups is 1. The number of methoxy groups -OCH3 is 1. The molecule has 1 aliphatic heterocycles. The topological polar surface area (TPSA) is 191 Å². The van der Waals surface area contributed by atoms with Crippen LogP contribution in [-0.4, -0.2) is 65.4 Å². The summed E-state index contributed by atoms with van der Waals surface area (Å²) >= 11 is 0. The van der Waals surface area contributed by atoms with Crippen molar-refractivity contribution in [3.63, 3.8) is 0 Å². The molecule has 0 saturated carbocycles. The minimum Gasteiger partial charge on any atom is -0.506 e. The highest BCUT2D eigenvalue weighted by molar-refractivity contribution is 7.91. The first-order valence-corrected chi connectivity index (χ1v) is 25.5. The number of aromatic hydroxyl groups is 1. The number of nitrogens with zero attached hydrogens (tertiary/aromatic N) is 1. The quantitative estimate of drug-likeness (QED) is 0.0354. The lowest BCUT2D eigenvalue weighted by Gasteiger charge is -2.40. The first-order valence-electron chi connectivity index (χ1n) is 21.1. The van der Waals surface area contributed by atoms with Crippen LogP contribution >= 0.6 is 0 Å². The second-order valence-electron chi connectivity index (χ2n) is 17.5. The van der Waals surface area contributed by atoms with Crippen LogP contribution in [0.2, 0.25) is 18.1 Å². The van der Waals surface area contributed by atoms with Crippen LogP contribution in [0.3, 0.4) is 0 Å². The highest BCUT2D eigenvalue weighted by Crippen LogP contribution is 2.46. The number of aryl methyl sites for hydroxylation is 2. The van der Waals surface area contributed by atoms with Crippen molar-refractivity contribution in [2.24, 2.45) is 5.73 Å². The van der Waals surface area contributed by atoms with Crippen molar-refractivity contribution in [3.8, 4) is 28.4 Å². The van der Waals surface area contributed by atoms with Crippen LogP contribution in [0.1, 0.15) is 60.3 Å². The average Bonchev–Trinajstić information content (AvgIpc) is 3.26. The van der Waals surface area contributed by atoms with Gasteiger partial charge in [0.15, 0.2) is 20.7 Å². The number of amides is 2. The fourth-order valence-corrected chi connectivity index (χ4v) is 10.1. The molecule has 6 N–H and O–H groups in total. The van der Waals surface area contributed by atoms with Crippen molar-refractivity contribution in [2.45, 2.75) is 74.6 Å². The Morgan fingerprint density at radius 3 is 2.36 bits per heavy atom. The third-order valence-electron chi connectivity index (χ3n) is 12.0. The summed E-state index contributed by atoms with van der Waals surface area (Å²) in [6.45, 7) is 13.9. The van der Waals surface area contributed by atoms with Gasteiger partial charge in [-0.05, 0) is 115 Å². The van der Waals surface area contributed by atoms with Gasteiger partial charge < -0.3 is 40.7 Å². The van der Waals surface area contributed by atoms with Crippen molar-refractivity contribution >= 4 is 57.9 Å². The van der Waals surface area contributed by atoms with Crippen LogP contribution in [0.25, 0.3) is 22.0 Å². The number of aromatic nitrogens is 1. The second kappa shape index (κ2) is 18.5. The Labute approximate surface area is 375 Å². The van der Waals surface area contributed by atoms with Gasteiger partial charge in [0.2, 0.25) is 9.84 Å². The zero-order valence-electron chi connectivity index (χ0n) is 37.2. The molecule has 1 atom stereocenters. The van der Waals surface area contributed by atoms with Gasteiger partial charge in [0.05, 0.1) is 39.8 Å². The number of benzene rings is 5. The Bertz CT molecular complexity index is 2830. The average molecular weight is 902 g/mol. The number of carbonyl (C=O) groups is 2. The number of pyridine rings is 1. The number of anilines is 3. The zero-order valence-corrected chi connectivity index (χ0v) is 39.0. The van der Waals surface area contributed by atoms with Gasteiger partial charge in [-0.15, -0.1) is 0 Å². The standard InChI is InChI=1S/C49H55N5O8SSi/c1-30-24-37(26-39-44(30)52-27-40(48(50)57)45(39)53-34-11-8-12-35(25-34)60-5)63(58,59)36-19-17-33(18-20-36)32-15-13-31(14-16-32)10-9-23-51-28-42(62-64(6,7)49(2,3)4)38-21-22-41(55)46-47(38)61-29-43(56)54-46/h8,11-22,24-27,42,51,55H,9-10,23,28-29H2,1-7H3,(H2,50,57)(H,52,53)(H,54,56). The molecule has 7 rings (SSSR count). The molecule has 13 nitrogen and oxygen atoms in total. The molecule has 2 heterocycles. The van der Waals surface area contributed by atoms with E-state index in [-0.39, 0.29) is 50.4 Å². The molecule has 1 aliphatic rings. The number of hydrogen-bond donors (Lipinski definition) is 5. The molecule has 5 aromatic carbocycles. The maximum atomic E-state index is 14.1. The van der Waals surface area contributed by atoms with Crippen molar-refractivity contribution in [3.05, 3.63) is 126 Å². The first-order chi connectivity index (χ1) is 30.4. The highest BCUT2D eigenvalue weighted by Gasteiger charge is 2.40. The summed E-state index contributed by atoms with van der Waals surface area (Å²) in [4.78, 5) is 29.3. The number of phenols is 1. The summed E-state index contributed by atoms with van der Waals surface area (Å²) in [6, 6.07) is 28.7. The predicted octanol–water partition coefficient (Wildman–Crippen LogP) is 9.22. The van der Waals surface area contributed by atoms with E-state index in [0.717, 1.165) is 41.6 Å². The Morgan fingerprint density at radius 2 is 1.69 bits per heavy atom. The Hall–Kier alpha value is -6.26. The number of primary amides is 1. The second-order valence-corrected chi connectivity index (χ2v) is 24.2. The number of nitrogens with two attached hydrogens (primary N) is 1. The molecule has 0 saturated heterocycles. The van der Waals surface area contributed by atoms with E-state index in [1.54, 1.807) is 74.7 Å². The normalized spacial score (nSPS) is 13.5. The van der Waals surface area contributed by atoms with E-state index in [0.29, 0.717) is 45.9 Å². The van der Waals surface area contributed by atoms with E-state index in [1.807, 2.05) is 18.2 Å². The van der Waals surface area contributed by atoms with Gasteiger partial charge in [-0.1, -0.05) is 63.2 Å². The molecule has 0 bridgehead atoms. The fourth-order valence-electron chi connectivity index (χ4n) is 7.43. The summed E-state index contributed by atoms with van der Waals surface area (Å²) in [5, 5.41) is 20.4. The smallest absolute Gasteiger partial charge is 0.262 e. The molecule has 0 aliphatic carbocycles. The lowest BCUT2D eigenvalue weighted by molar-refractivity contribution is -0.118. The molecule has 0 fully saturated rings. The van der Waals surface area contributed by atoms with Crippen LogP contribution in [0.15, 0.2) is 113 Å². The van der Waals surface area contributed by atoms with Gasteiger partial charge in [0, 0.05) is 35.4 Å². The van der Waals surface area contributed by atoms with E-state index in [9.17, 15) is 23.1 Å². The van der Waals surface area contributed by atoms with Crippen molar-refractivity contribution in [1.29, 1.82) is 0 Å². The van der Waals surface area contributed by atoms with Crippen LogP contribution < -0.4 is 31.2 Å². The maximum Gasteiger partial charge on any atom is 0.262 e. The van der Waals surface area contributed by atoms with E-state index in [1.165, 1.54) is 12.3 Å². The molecule has 1 aromatic heterocycles. The molecular weight excluding hydrogens is 847 g/mol. The number of fused-ring (bicyclic) bond motifs is 2. The lowest BCUT2D eigenvalue weighted by atomic mass is 10.0. The van der Waals surface area contributed by atoms with E-state index >= 15 is 0 Å². The van der Waals surface area contributed by atoms with Crippen LogP contribution in [-0.2, 0) is 25.5 Å². The SMILES string of the molecule is COc1cccc(Nc2c(C(N)=O)cnc3c(C)cc(S(=O)(=O)c4ccc(-c5ccc(CCCNCC(O[Si](C)(C)C(C)(C)C)c6ccc(O)c7c6OCC(=O)N7)cc5)cc4)cc23)c1. The summed E-state index contributed by atoms with van der Waals surface area (Å²) < 4.78 is 46.4. The van der Waals surface area contributed by atoms with Gasteiger partial charge in [-0.25, -0.2) is 8.42 Å². The van der Waals surface area contributed by atoms with Crippen LogP contribution in [0, 0.1) is 6.92 Å². The van der Waals surface area contributed by atoms with Gasteiger partial charge in [-0.2, -0.15) is 0 Å². The molecule has 334 valence electrons. The van der Waals surface area contributed by atoms with Gasteiger partial charge in [0.25, 0.3) is 11.8 Å².